The molecule has 0 saturated heterocycles. The average Bonchev–Trinajstić information content (AvgIpc) is 2.57. The Balaban J connectivity index is 2.46. The summed E-state index contributed by atoms with van der Waals surface area (Å²) in [5.41, 5.74) is 13.2. The van der Waals surface area contributed by atoms with Crippen LogP contribution < -0.4 is 11.5 Å². The molecule has 17 heavy (non-hydrogen) atoms. The zero-order chi connectivity index (χ0) is 12.4. The fourth-order valence-electron chi connectivity index (χ4n) is 1.53. The minimum Gasteiger partial charge on any atom is -0.370 e. The predicted molar refractivity (Wildman–Crippen MR) is 71.8 cm³/mol. The van der Waals surface area contributed by atoms with E-state index < -0.39 is 0 Å². The molecular weight excluding hydrogens is 282 g/mol. The van der Waals surface area contributed by atoms with E-state index in [0.29, 0.717) is 5.69 Å². The van der Waals surface area contributed by atoms with Gasteiger partial charge in [-0.15, -0.1) is 0 Å². The lowest BCUT2D eigenvalue weighted by molar-refractivity contribution is 0.770. The Kier molecular flexibility index (Phi) is 3.14. The molecule has 0 unspecified atom stereocenters. The van der Waals surface area contributed by atoms with Gasteiger partial charge in [0.05, 0.1) is 10.2 Å². The van der Waals surface area contributed by atoms with Crippen LogP contribution in [0.5, 0.6) is 0 Å². The van der Waals surface area contributed by atoms with Crippen molar-refractivity contribution in [3.05, 3.63) is 34.9 Å². The molecule has 5 nitrogen and oxygen atoms in total. The number of guanidine groups is 1. The molecule has 0 aliphatic carbocycles. The normalized spacial score (nSPS) is 10.2. The van der Waals surface area contributed by atoms with E-state index >= 15 is 0 Å². The minimum absolute atomic E-state index is 0.0437. The largest absolute Gasteiger partial charge is 0.370 e. The topological polar surface area (TPSA) is 82.2 Å². The van der Waals surface area contributed by atoms with Crippen LogP contribution in [-0.2, 0) is 7.05 Å². The van der Waals surface area contributed by atoms with Crippen molar-refractivity contribution in [2.75, 3.05) is 0 Å². The first-order valence-corrected chi connectivity index (χ1v) is 5.75. The zero-order valence-electron chi connectivity index (χ0n) is 9.26. The van der Waals surface area contributed by atoms with Crippen molar-refractivity contribution in [1.29, 1.82) is 0 Å². The molecule has 0 fully saturated rings. The van der Waals surface area contributed by atoms with Crippen LogP contribution >= 0.6 is 15.9 Å². The van der Waals surface area contributed by atoms with Gasteiger partial charge in [-0.05, 0) is 28.1 Å². The lowest BCUT2D eigenvalue weighted by Gasteiger charge is -2.00. The fourth-order valence-corrected chi connectivity index (χ4v) is 2.13. The Morgan fingerprint density at radius 3 is 2.76 bits per heavy atom. The first kappa shape index (κ1) is 11.7. The summed E-state index contributed by atoms with van der Waals surface area (Å²) < 4.78 is 2.67. The number of hydrogen-bond acceptors (Lipinski definition) is 2. The fraction of sp³-hybridized carbons (Fsp3) is 0.0909. The van der Waals surface area contributed by atoms with Gasteiger partial charge in [-0.25, -0.2) is 4.99 Å². The first-order valence-electron chi connectivity index (χ1n) is 4.95. The van der Waals surface area contributed by atoms with E-state index in [9.17, 15) is 0 Å². The van der Waals surface area contributed by atoms with Crippen LogP contribution in [-0.4, -0.2) is 15.7 Å². The van der Waals surface area contributed by atoms with E-state index in [0.717, 1.165) is 15.7 Å². The molecule has 0 atom stereocenters. The third-order valence-corrected chi connectivity index (χ3v) is 2.74. The van der Waals surface area contributed by atoms with Gasteiger partial charge in [0, 0.05) is 18.8 Å². The van der Waals surface area contributed by atoms with Crippen LogP contribution in [0.1, 0.15) is 0 Å². The smallest absolute Gasteiger partial charge is 0.191 e. The van der Waals surface area contributed by atoms with Crippen LogP contribution in [0.3, 0.4) is 0 Å². The SMILES string of the molecule is Cn1cc(Br)c(-c2cccc(N=C(N)N)c2)n1. The highest BCUT2D eigenvalue weighted by Crippen LogP contribution is 2.28. The quantitative estimate of drug-likeness (QED) is 0.654. The van der Waals surface area contributed by atoms with Gasteiger partial charge >= 0.3 is 0 Å². The second-order valence-corrected chi connectivity index (χ2v) is 4.44. The van der Waals surface area contributed by atoms with Gasteiger partial charge in [-0.1, -0.05) is 12.1 Å². The molecule has 0 aliphatic heterocycles. The summed E-state index contributed by atoms with van der Waals surface area (Å²) in [6.45, 7) is 0. The predicted octanol–water partition coefficient (Wildman–Crippen LogP) is 1.75. The Morgan fingerprint density at radius 2 is 2.18 bits per heavy atom. The molecule has 0 spiro atoms. The van der Waals surface area contributed by atoms with Gasteiger partial charge in [0.1, 0.15) is 5.69 Å². The lowest BCUT2D eigenvalue weighted by atomic mass is 10.1. The van der Waals surface area contributed by atoms with Crippen molar-refractivity contribution in [3.63, 3.8) is 0 Å². The van der Waals surface area contributed by atoms with Crippen molar-refractivity contribution in [2.45, 2.75) is 0 Å². The number of halogens is 1. The highest BCUT2D eigenvalue weighted by atomic mass is 79.9. The molecule has 88 valence electrons. The maximum Gasteiger partial charge on any atom is 0.191 e. The Hall–Kier alpha value is -1.82. The third-order valence-electron chi connectivity index (χ3n) is 2.16. The summed E-state index contributed by atoms with van der Waals surface area (Å²) in [6.07, 6.45) is 1.89. The van der Waals surface area contributed by atoms with Crippen LogP contribution in [0.15, 0.2) is 39.9 Å². The number of benzene rings is 1. The molecule has 0 bridgehead atoms. The molecule has 1 heterocycles. The molecule has 1 aromatic carbocycles. The summed E-state index contributed by atoms with van der Waals surface area (Å²) >= 11 is 3.46. The number of aryl methyl sites for hydroxylation is 1. The standard InChI is InChI=1S/C11H12BrN5/c1-17-6-9(12)10(16-17)7-3-2-4-8(5-7)15-11(13)14/h2-6H,1H3,(H4,13,14,15). The number of aromatic nitrogens is 2. The molecule has 0 radical (unpaired) electrons. The number of rotatable bonds is 2. The van der Waals surface area contributed by atoms with E-state index in [1.165, 1.54) is 0 Å². The molecular formula is C11H12BrN5. The number of hydrogen-bond donors (Lipinski definition) is 2. The summed E-state index contributed by atoms with van der Waals surface area (Å²) in [6, 6.07) is 7.56. The first-order chi connectivity index (χ1) is 8.06. The maximum absolute atomic E-state index is 5.35. The van der Waals surface area contributed by atoms with Crippen LogP contribution in [0.2, 0.25) is 0 Å². The van der Waals surface area contributed by atoms with Gasteiger partial charge in [-0.2, -0.15) is 5.10 Å². The summed E-state index contributed by atoms with van der Waals surface area (Å²) in [5.74, 6) is 0.0437. The van der Waals surface area contributed by atoms with Crippen LogP contribution in [0.25, 0.3) is 11.3 Å². The van der Waals surface area contributed by atoms with E-state index in [4.69, 9.17) is 11.5 Å². The van der Waals surface area contributed by atoms with Gasteiger partial charge < -0.3 is 11.5 Å². The molecule has 2 rings (SSSR count). The van der Waals surface area contributed by atoms with Gasteiger partial charge in [0.15, 0.2) is 5.96 Å². The van der Waals surface area contributed by atoms with E-state index in [2.05, 4.69) is 26.0 Å². The molecule has 0 amide bonds. The zero-order valence-corrected chi connectivity index (χ0v) is 10.8. The maximum atomic E-state index is 5.35. The van der Waals surface area contributed by atoms with E-state index in [1.807, 2.05) is 37.5 Å². The summed E-state index contributed by atoms with van der Waals surface area (Å²) in [4.78, 5) is 4.00. The molecule has 0 saturated carbocycles. The Bertz CT molecular complexity index is 569. The average molecular weight is 294 g/mol. The van der Waals surface area contributed by atoms with Crippen molar-refractivity contribution in [1.82, 2.24) is 9.78 Å². The van der Waals surface area contributed by atoms with Crippen molar-refractivity contribution >= 4 is 27.6 Å². The van der Waals surface area contributed by atoms with E-state index in [1.54, 1.807) is 4.68 Å². The number of nitrogens with zero attached hydrogens (tertiary/aromatic N) is 3. The number of aliphatic imine (C=N–C) groups is 1. The highest BCUT2D eigenvalue weighted by Gasteiger charge is 2.07. The molecule has 4 N–H and O–H groups in total. The molecule has 1 aromatic heterocycles. The Morgan fingerprint density at radius 1 is 1.41 bits per heavy atom. The minimum atomic E-state index is 0.0437. The van der Waals surface area contributed by atoms with Crippen molar-refractivity contribution in [2.24, 2.45) is 23.5 Å². The van der Waals surface area contributed by atoms with Gasteiger partial charge in [-0.3, -0.25) is 4.68 Å². The Labute approximate surface area is 107 Å². The molecule has 6 heteroatoms. The second-order valence-electron chi connectivity index (χ2n) is 3.59. The summed E-state index contributed by atoms with van der Waals surface area (Å²) in [5, 5.41) is 4.36. The third kappa shape index (κ3) is 2.65. The monoisotopic (exact) mass is 293 g/mol. The van der Waals surface area contributed by atoms with Crippen LogP contribution in [0.4, 0.5) is 5.69 Å². The number of nitrogens with two attached hydrogens (primary N) is 2. The van der Waals surface area contributed by atoms with Crippen molar-refractivity contribution < 1.29 is 0 Å². The molecule has 0 aliphatic rings. The van der Waals surface area contributed by atoms with Crippen molar-refractivity contribution in [3.8, 4) is 11.3 Å². The van der Waals surface area contributed by atoms with E-state index in [-0.39, 0.29) is 5.96 Å². The second kappa shape index (κ2) is 4.58. The van der Waals surface area contributed by atoms with Crippen LogP contribution in [0, 0.1) is 0 Å². The highest BCUT2D eigenvalue weighted by molar-refractivity contribution is 9.10. The van der Waals surface area contributed by atoms with Gasteiger partial charge in [0.2, 0.25) is 0 Å². The molecule has 2 aromatic rings. The summed E-state index contributed by atoms with van der Waals surface area (Å²) in [7, 11) is 1.87. The van der Waals surface area contributed by atoms with Gasteiger partial charge in [0.25, 0.3) is 0 Å². The lowest BCUT2D eigenvalue weighted by Crippen LogP contribution is -2.21.